The van der Waals surface area contributed by atoms with Gasteiger partial charge in [-0.1, -0.05) is 88.1 Å². The van der Waals surface area contributed by atoms with Crippen LogP contribution in [-0.4, -0.2) is 23.7 Å². The molecule has 0 aliphatic rings. The summed E-state index contributed by atoms with van der Waals surface area (Å²) in [5.74, 6) is -0.509. The summed E-state index contributed by atoms with van der Waals surface area (Å²) in [7, 11) is 0. The van der Waals surface area contributed by atoms with Gasteiger partial charge in [0.15, 0.2) is 0 Å². The summed E-state index contributed by atoms with van der Waals surface area (Å²) in [5.41, 5.74) is 1.13. The van der Waals surface area contributed by atoms with Crippen LogP contribution in [0.1, 0.15) is 61.0 Å². The third kappa shape index (κ3) is 14.2. The van der Waals surface area contributed by atoms with Gasteiger partial charge in [0.25, 0.3) is 0 Å². The second-order valence-electron chi connectivity index (χ2n) is 7.13. The fourth-order valence-corrected chi connectivity index (χ4v) is 2.16. The quantitative estimate of drug-likeness (QED) is 0.394. The van der Waals surface area contributed by atoms with Gasteiger partial charge in [0.2, 0.25) is 0 Å². The second-order valence-corrected chi connectivity index (χ2v) is 7.13. The van der Waals surface area contributed by atoms with Crippen molar-refractivity contribution in [3.05, 3.63) is 72.4 Å². The lowest BCUT2D eigenvalue weighted by Crippen LogP contribution is -2.44. The van der Waals surface area contributed by atoms with Gasteiger partial charge in [-0.25, -0.2) is 9.59 Å². The van der Waals surface area contributed by atoms with Crippen molar-refractivity contribution in [2.24, 2.45) is 0 Å². The lowest BCUT2D eigenvalue weighted by Gasteiger charge is -2.23. The Balaban J connectivity index is 0. The summed E-state index contributed by atoms with van der Waals surface area (Å²) in [6.07, 6.45) is 6.78. The van der Waals surface area contributed by atoms with Crippen LogP contribution < -0.4 is 5.32 Å². The van der Waals surface area contributed by atoms with E-state index in [1.807, 2.05) is 63.3 Å². The molecule has 5 heteroatoms. The molecular formula is C25H39NO4. The third-order valence-corrected chi connectivity index (χ3v) is 3.35. The zero-order chi connectivity index (χ0) is 22.3. The van der Waals surface area contributed by atoms with Gasteiger partial charge >= 0.3 is 12.1 Å². The highest BCUT2D eigenvalue weighted by atomic mass is 16.6. The van der Waals surface area contributed by atoms with E-state index in [9.17, 15) is 9.59 Å². The Labute approximate surface area is 182 Å². The summed E-state index contributed by atoms with van der Waals surface area (Å²) in [6.45, 7) is 14.9. The molecule has 1 rings (SSSR count). The minimum absolute atomic E-state index is 0. The van der Waals surface area contributed by atoms with E-state index in [0.29, 0.717) is 6.42 Å². The summed E-state index contributed by atoms with van der Waals surface area (Å²) < 4.78 is 10.6. The Morgan fingerprint density at radius 2 is 1.73 bits per heavy atom. The van der Waals surface area contributed by atoms with E-state index < -0.39 is 23.7 Å². The maximum absolute atomic E-state index is 12.5. The fraction of sp³-hybridized carbons (Fsp3) is 0.440. The number of ether oxygens (including phenoxy) is 2. The molecule has 0 saturated heterocycles. The molecule has 0 heterocycles. The molecule has 1 amide bonds. The van der Waals surface area contributed by atoms with E-state index in [0.717, 1.165) is 11.1 Å². The number of allylic oxidation sites excluding steroid dienone is 4. The number of carbonyl (C=O) groups is 2. The first kappa shape index (κ1) is 29.4. The van der Waals surface area contributed by atoms with Gasteiger partial charge in [-0.05, 0) is 39.7 Å². The molecule has 1 unspecified atom stereocenters. The molecule has 0 fully saturated rings. The first-order chi connectivity index (χ1) is 13.7. The maximum Gasteiger partial charge on any atom is 0.408 e. The summed E-state index contributed by atoms with van der Waals surface area (Å²) >= 11 is 0. The van der Waals surface area contributed by atoms with Crippen molar-refractivity contribution in [1.82, 2.24) is 5.32 Å². The largest absolute Gasteiger partial charge is 0.459 e. The SMILES string of the molecule is C.C=C/C=C\C=C(/C)CC(NC(=O)OC(C)(C)C)C(=O)OCc1ccccc1.CC. The number of rotatable bonds is 8. The summed E-state index contributed by atoms with van der Waals surface area (Å²) in [5, 5.41) is 2.61. The molecule has 0 bridgehead atoms. The van der Waals surface area contributed by atoms with Crippen molar-refractivity contribution < 1.29 is 19.1 Å². The van der Waals surface area contributed by atoms with E-state index in [2.05, 4.69) is 11.9 Å². The number of amides is 1. The minimum Gasteiger partial charge on any atom is -0.459 e. The van der Waals surface area contributed by atoms with Crippen LogP contribution in [-0.2, 0) is 20.9 Å². The molecule has 30 heavy (non-hydrogen) atoms. The Morgan fingerprint density at radius 3 is 2.27 bits per heavy atom. The van der Waals surface area contributed by atoms with Gasteiger partial charge in [-0.15, -0.1) is 0 Å². The van der Waals surface area contributed by atoms with Crippen LogP contribution in [0.4, 0.5) is 4.79 Å². The van der Waals surface area contributed by atoms with Gasteiger partial charge in [-0.3, -0.25) is 0 Å². The number of alkyl carbamates (subject to hydrolysis) is 1. The molecule has 0 aromatic heterocycles. The smallest absolute Gasteiger partial charge is 0.408 e. The Hall–Kier alpha value is -2.82. The monoisotopic (exact) mass is 417 g/mol. The van der Waals surface area contributed by atoms with Crippen LogP contribution in [0, 0.1) is 0 Å². The van der Waals surface area contributed by atoms with Gasteiger partial charge in [0.05, 0.1) is 0 Å². The van der Waals surface area contributed by atoms with Crippen LogP contribution in [0.2, 0.25) is 0 Å². The van der Waals surface area contributed by atoms with Crippen molar-refractivity contribution in [1.29, 1.82) is 0 Å². The van der Waals surface area contributed by atoms with E-state index in [1.54, 1.807) is 32.9 Å². The highest BCUT2D eigenvalue weighted by Crippen LogP contribution is 2.12. The highest BCUT2D eigenvalue weighted by Gasteiger charge is 2.25. The Morgan fingerprint density at radius 1 is 1.13 bits per heavy atom. The zero-order valence-electron chi connectivity index (χ0n) is 18.5. The van der Waals surface area contributed by atoms with Crippen molar-refractivity contribution in [3.63, 3.8) is 0 Å². The number of hydrogen-bond donors (Lipinski definition) is 1. The second kappa shape index (κ2) is 16.0. The third-order valence-electron chi connectivity index (χ3n) is 3.35. The first-order valence-corrected chi connectivity index (χ1v) is 9.86. The predicted octanol–water partition coefficient (Wildman–Crippen LogP) is 6.36. The number of carbonyl (C=O) groups excluding carboxylic acids is 2. The van der Waals surface area contributed by atoms with Crippen LogP contribution in [0.5, 0.6) is 0 Å². The molecule has 0 aliphatic carbocycles. The topological polar surface area (TPSA) is 64.6 Å². The Kier molecular flexibility index (Phi) is 15.7. The molecule has 5 nitrogen and oxygen atoms in total. The average molecular weight is 418 g/mol. The predicted molar refractivity (Wildman–Crippen MR) is 125 cm³/mol. The maximum atomic E-state index is 12.5. The molecular weight excluding hydrogens is 378 g/mol. The first-order valence-electron chi connectivity index (χ1n) is 9.86. The lowest BCUT2D eigenvalue weighted by molar-refractivity contribution is -0.147. The summed E-state index contributed by atoms with van der Waals surface area (Å²) in [4.78, 5) is 24.6. The molecule has 0 aliphatic heterocycles. The van der Waals surface area contributed by atoms with E-state index >= 15 is 0 Å². The van der Waals surface area contributed by atoms with Crippen molar-refractivity contribution in [2.75, 3.05) is 0 Å². The normalized spacial score (nSPS) is 12.0. The summed E-state index contributed by atoms with van der Waals surface area (Å²) in [6, 6.07) is 8.54. The van der Waals surface area contributed by atoms with Gasteiger partial charge in [-0.2, -0.15) is 0 Å². The fourth-order valence-electron chi connectivity index (χ4n) is 2.16. The van der Waals surface area contributed by atoms with Crippen molar-refractivity contribution in [3.8, 4) is 0 Å². The van der Waals surface area contributed by atoms with Crippen molar-refractivity contribution >= 4 is 12.1 Å². The van der Waals surface area contributed by atoms with Crippen LogP contribution in [0.3, 0.4) is 0 Å². The van der Waals surface area contributed by atoms with Crippen LogP contribution in [0.15, 0.2) is 66.8 Å². The molecule has 0 saturated carbocycles. The van der Waals surface area contributed by atoms with Gasteiger partial charge < -0.3 is 14.8 Å². The standard InChI is InChI=1S/C22H29NO4.C2H6.CH4/c1-6-7-9-12-17(2)15-19(23-21(25)27-22(3,4)5)20(24)26-16-18-13-10-8-11-14-18;1-2;/h6-14,19H,1,15-16H2,2-5H3,(H,23,25);1-2H3;1H4/b9-7-,17-12+;;. The van der Waals surface area contributed by atoms with E-state index in [1.165, 1.54) is 0 Å². The number of hydrogen-bond acceptors (Lipinski definition) is 4. The van der Waals surface area contributed by atoms with Crippen LogP contribution >= 0.6 is 0 Å². The van der Waals surface area contributed by atoms with Crippen LogP contribution in [0.25, 0.3) is 0 Å². The Bertz CT molecular complexity index is 685. The van der Waals surface area contributed by atoms with Gasteiger partial charge in [0.1, 0.15) is 18.2 Å². The lowest BCUT2D eigenvalue weighted by atomic mass is 10.1. The number of nitrogens with one attached hydrogen (secondary N) is 1. The number of esters is 1. The molecule has 1 aromatic rings. The minimum atomic E-state index is -0.836. The zero-order valence-corrected chi connectivity index (χ0v) is 18.5. The highest BCUT2D eigenvalue weighted by molar-refractivity contribution is 5.81. The van der Waals surface area contributed by atoms with E-state index in [-0.39, 0.29) is 14.0 Å². The molecule has 0 spiro atoms. The molecule has 1 aromatic carbocycles. The number of benzene rings is 1. The molecule has 0 radical (unpaired) electrons. The molecule has 1 atom stereocenters. The molecule has 1 N–H and O–H groups in total. The van der Waals surface area contributed by atoms with Crippen molar-refractivity contribution in [2.45, 2.75) is 73.6 Å². The van der Waals surface area contributed by atoms with Gasteiger partial charge in [0, 0.05) is 0 Å². The molecule has 168 valence electrons. The van der Waals surface area contributed by atoms with E-state index in [4.69, 9.17) is 9.47 Å². The average Bonchev–Trinajstić information content (AvgIpc) is 2.66.